The highest BCUT2D eigenvalue weighted by Crippen LogP contribution is 2.39. The molecule has 0 radical (unpaired) electrons. The molecule has 1 amide bonds. The number of nitrogens with two attached hydrogens (primary N) is 1. The number of amides is 1. The molecule has 30 heavy (non-hydrogen) atoms. The summed E-state index contributed by atoms with van der Waals surface area (Å²) < 4.78 is 28.5. The third-order valence-corrected chi connectivity index (χ3v) is 5.58. The summed E-state index contributed by atoms with van der Waals surface area (Å²) in [6.45, 7) is -0.642. The van der Waals surface area contributed by atoms with Gasteiger partial charge in [0.2, 0.25) is 0 Å². The minimum Gasteiger partial charge on any atom is -0.756 e. The van der Waals surface area contributed by atoms with E-state index in [-0.39, 0.29) is 12.2 Å². The fourth-order valence-electron chi connectivity index (χ4n) is 3.03. The number of hydrogen-bond acceptors (Lipinski definition) is 8. The lowest BCUT2D eigenvalue weighted by atomic mass is 10.1. The van der Waals surface area contributed by atoms with Gasteiger partial charge in [-0.3, -0.25) is 9.36 Å². The van der Waals surface area contributed by atoms with Crippen LogP contribution in [0.5, 0.6) is 0 Å². The van der Waals surface area contributed by atoms with E-state index in [1.165, 1.54) is 29.1 Å². The van der Waals surface area contributed by atoms with Gasteiger partial charge in [0.05, 0.1) is 13.2 Å². The Bertz CT molecular complexity index is 912. The maximum absolute atomic E-state index is 12.0. The number of phosphoric ester groups is 1. The number of phosphoric acid groups is 1. The Morgan fingerprint density at radius 3 is 2.60 bits per heavy atom. The van der Waals surface area contributed by atoms with Crippen molar-refractivity contribution in [3.05, 3.63) is 66.0 Å². The maximum atomic E-state index is 12.0. The molecule has 162 valence electrons. The number of carbonyl (C=O) groups is 1. The van der Waals surface area contributed by atoms with Crippen LogP contribution in [0.4, 0.5) is 0 Å². The predicted octanol–water partition coefficient (Wildman–Crippen LogP) is -0.563. The zero-order valence-corrected chi connectivity index (χ0v) is 16.8. The van der Waals surface area contributed by atoms with Crippen LogP contribution in [0.15, 0.2) is 54.9 Å². The Morgan fingerprint density at radius 2 is 1.90 bits per heavy atom. The summed E-state index contributed by atoms with van der Waals surface area (Å²) in [5, 5.41) is 20.5. The summed E-state index contributed by atoms with van der Waals surface area (Å²) in [6, 6.07) is 12.2. The lowest BCUT2D eigenvalue weighted by Gasteiger charge is -2.24. The summed E-state index contributed by atoms with van der Waals surface area (Å²) in [5.74, 6) is -0.669. The second-order valence-corrected chi connectivity index (χ2v) is 8.17. The van der Waals surface area contributed by atoms with E-state index in [9.17, 15) is 24.5 Å². The van der Waals surface area contributed by atoms with Gasteiger partial charge in [-0.15, -0.1) is 0 Å². The van der Waals surface area contributed by atoms with Crippen molar-refractivity contribution in [2.24, 2.45) is 5.73 Å². The van der Waals surface area contributed by atoms with E-state index in [1.807, 2.05) is 30.3 Å². The smallest absolute Gasteiger partial charge is 0.292 e. The van der Waals surface area contributed by atoms with Crippen molar-refractivity contribution >= 4 is 13.7 Å². The minimum absolute atomic E-state index is 0.0973. The molecule has 0 bridgehead atoms. The molecule has 1 saturated heterocycles. The van der Waals surface area contributed by atoms with Crippen LogP contribution in [0.2, 0.25) is 0 Å². The van der Waals surface area contributed by atoms with Crippen LogP contribution in [0, 0.1) is 0 Å². The average Bonchev–Trinajstić information content (AvgIpc) is 3.01. The normalized spacial score (nSPS) is 25.7. The van der Waals surface area contributed by atoms with Crippen molar-refractivity contribution in [2.75, 3.05) is 13.2 Å². The first-order chi connectivity index (χ1) is 14.3. The molecule has 11 heteroatoms. The number of hydrogen-bond donors (Lipinski definition) is 3. The van der Waals surface area contributed by atoms with Gasteiger partial charge < -0.3 is 34.6 Å². The predicted molar refractivity (Wildman–Crippen MR) is 101 cm³/mol. The van der Waals surface area contributed by atoms with Crippen molar-refractivity contribution in [1.82, 2.24) is 0 Å². The van der Waals surface area contributed by atoms with Crippen LogP contribution in [-0.4, -0.2) is 47.6 Å². The molecule has 2 heterocycles. The van der Waals surface area contributed by atoms with Crippen LogP contribution in [0.1, 0.15) is 22.1 Å². The molecule has 1 aliphatic rings. The summed E-state index contributed by atoms with van der Waals surface area (Å²) in [5.41, 5.74) is 6.33. The monoisotopic (exact) mass is 438 g/mol. The number of primary amides is 1. The van der Waals surface area contributed by atoms with Crippen LogP contribution in [0.3, 0.4) is 0 Å². The van der Waals surface area contributed by atoms with Gasteiger partial charge in [0.1, 0.15) is 17.8 Å². The van der Waals surface area contributed by atoms with Crippen molar-refractivity contribution in [3.63, 3.8) is 0 Å². The SMILES string of the molecule is NC(=O)c1ccc[n+]([C@@H]2O[C@H](COP(=O)([O-])OCCc3ccccc3)[C@@H](O)[C@H]2O)c1. The molecule has 1 aliphatic heterocycles. The largest absolute Gasteiger partial charge is 0.756 e. The topological polar surface area (TPSA) is 155 Å². The fourth-order valence-corrected chi connectivity index (χ4v) is 3.75. The van der Waals surface area contributed by atoms with Crippen LogP contribution < -0.4 is 15.2 Å². The Balaban J connectivity index is 1.54. The molecule has 0 saturated carbocycles. The Labute approximate surface area is 173 Å². The van der Waals surface area contributed by atoms with Gasteiger partial charge >= 0.3 is 0 Å². The highest BCUT2D eigenvalue weighted by Gasteiger charge is 2.48. The third kappa shape index (κ3) is 5.71. The van der Waals surface area contributed by atoms with E-state index in [0.29, 0.717) is 6.42 Å². The second-order valence-electron chi connectivity index (χ2n) is 6.76. The van der Waals surface area contributed by atoms with E-state index < -0.39 is 44.9 Å². The lowest BCUT2D eigenvalue weighted by Crippen LogP contribution is -2.46. The summed E-state index contributed by atoms with van der Waals surface area (Å²) >= 11 is 0. The molecule has 1 aromatic carbocycles. The van der Waals surface area contributed by atoms with E-state index in [1.54, 1.807) is 0 Å². The second kappa shape index (κ2) is 9.76. The molecule has 3 rings (SSSR count). The number of ether oxygens (including phenoxy) is 1. The van der Waals surface area contributed by atoms with Gasteiger partial charge in [0.25, 0.3) is 20.0 Å². The summed E-state index contributed by atoms with van der Waals surface area (Å²) in [6.07, 6.45) is -1.72. The molecule has 0 aliphatic carbocycles. The standard InChI is InChI=1S/C19H23N2O8P/c20-18(24)14-7-4-9-21(11-14)19-17(23)16(22)15(29-19)12-28-30(25,26)27-10-8-13-5-2-1-3-6-13/h1-7,9,11,15-17,19,22-23H,8,10,12H2,(H2-,20,24,25,26)/t15-,16-,17-,19-/m1/s1. The average molecular weight is 438 g/mol. The van der Waals surface area contributed by atoms with Crippen molar-refractivity contribution in [2.45, 2.75) is 31.0 Å². The van der Waals surface area contributed by atoms with Gasteiger partial charge in [0.15, 0.2) is 18.5 Å². The molecule has 1 unspecified atom stereocenters. The molecule has 1 fully saturated rings. The number of pyridine rings is 1. The number of carbonyl (C=O) groups excluding carboxylic acids is 1. The molecular weight excluding hydrogens is 415 g/mol. The highest BCUT2D eigenvalue weighted by molar-refractivity contribution is 7.45. The van der Waals surface area contributed by atoms with Gasteiger partial charge in [-0.25, -0.2) is 0 Å². The first-order valence-corrected chi connectivity index (χ1v) is 10.7. The zero-order chi connectivity index (χ0) is 21.7. The first-order valence-electron chi connectivity index (χ1n) is 9.23. The van der Waals surface area contributed by atoms with E-state index in [4.69, 9.17) is 19.5 Å². The Morgan fingerprint density at radius 1 is 1.17 bits per heavy atom. The van der Waals surface area contributed by atoms with Gasteiger partial charge in [-0.05, 0) is 18.1 Å². The number of aromatic nitrogens is 1. The van der Waals surface area contributed by atoms with E-state index in [0.717, 1.165) is 5.56 Å². The number of nitrogens with zero attached hydrogens (tertiary/aromatic N) is 1. The maximum Gasteiger partial charge on any atom is 0.292 e. The third-order valence-electron chi connectivity index (χ3n) is 4.62. The minimum atomic E-state index is -4.63. The van der Waals surface area contributed by atoms with Crippen molar-refractivity contribution in [3.8, 4) is 0 Å². The lowest BCUT2D eigenvalue weighted by molar-refractivity contribution is -0.765. The molecule has 0 spiro atoms. The van der Waals surface area contributed by atoms with Gasteiger partial charge in [0, 0.05) is 6.07 Å². The quantitative estimate of drug-likeness (QED) is 0.347. The summed E-state index contributed by atoms with van der Waals surface area (Å²) in [7, 11) is -4.63. The first kappa shape index (κ1) is 22.5. The van der Waals surface area contributed by atoms with Crippen LogP contribution >= 0.6 is 7.82 Å². The number of aliphatic hydroxyl groups is 2. The van der Waals surface area contributed by atoms with Crippen molar-refractivity contribution in [1.29, 1.82) is 0 Å². The summed E-state index contributed by atoms with van der Waals surface area (Å²) in [4.78, 5) is 23.3. The van der Waals surface area contributed by atoms with Gasteiger partial charge in [-0.2, -0.15) is 4.57 Å². The number of aliphatic hydroxyl groups excluding tert-OH is 2. The number of rotatable bonds is 9. The Hall–Kier alpha value is -2.17. The molecule has 2 aromatic rings. The van der Waals surface area contributed by atoms with Crippen LogP contribution in [0.25, 0.3) is 0 Å². The highest BCUT2D eigenvalue weighted by atomic mass is 31.2. The molecule has 1 aromatic heterocycles. The Kier molecular flexibility index (Phi) is 7.32. The van der Waals surface area contributed by atoms with Crippen molar-refractivity contribution < 1.29 is 42.8 Å². The van der Waals surface area contributed by atoms with E-state index in [2.05, 4.69) is 0 Å². The molecule has 4 N–H and O–H groups in total. The van der Waals surface area contributed by atoms with Gasteiger partial charge in [-0.1, -0.05) is 30.3 Å². The zero-order valence-electron chi connectivity index (χ0n) is 15.9. The molecule has 10 nitrogen and oxygen atoms in total. The molecule has 5 atom stereocenters. The number of benzene rings is 1. The van der Waals surface area contributed by atoms with Crippen LogP contribution in [-0.2, 0) is 24.8 Å². The fraction of sp³-hybridized carbons (Fsp3) is 0.368. The van der Waals surface area contributed by atoms with E-state index >= 15 is 0 Å². The molecular formula is C19H23N2O8P.